The first-order chi connectivity index (χ1) is 7.66. The second kappa shape index (κ2) is 10.7. The van der Waals surface area contributed by atoms with Crippen molar-refractivity contribution in [1.82, 2.24) is 0 Å². The summed E-state index contributed by atoms with van der Waals surface area (Å²) in [7, 11) is 0. The van der Waals surface area contributed by atoms with Crippen LogP contribution in [-0.4, -0.2) is 22.3 Å². The van der Waals surface area contributed by atoms with Crippen LogP contribution in [0.2, 0.25) is 0 Å². The summed E-state index contributed by atoms with van der Waals surface area (Å²) in [5.41, 5.74) is 0. The summed E-state index contributed by atoms with van der Waals surface area (Å²) in [6, 6.07) is 0. The molecule has 0 heterocycles. The number of carboxylic acids is 1. The molecule has 3 nitrogen and oxygen atoms in total. The Labute approximate surface area is 98.2 Å². The van der Waals surface area contributed by atoms with Crippen molar-refractivity contribution in [3.63, 3.8) is 0 Å². The first kappa shape index (κ1) is 15.2. The van der Waals surface area contributed by atoms with E-state index in [-0.39, 0.29) is 0 Å². The highest BCUT2D eigenvalue weighted by Gasteiger charge is 1.99. The Morgan fingerprint density at radius 3 is 2.25 bits per heavy atom. The van der Waals surface area contributed by atoms with Gasteiger partial charge >= 0.3 is 5.97 Å². The van der Waals surface area contributed by atoms with E-state index in [0.717, 1.165) is 18.9 Å². The molecule has 0 aliphatic heterocycles. The van der Waals surface area contributed by atoms with E-state index in [1.165, 1.54) is 38.2 Å². The van der Waals surface area contributed by atoms with Gasteiger partial charge in [0.2, 0.25) is 0 Å². The molecular formula is C13H24O3. The standard InChI is InChI=1S/C13H24O3/c1-2-3-4-5-6-7-8-9-12(14)10-11-13(15)16/h10-12,14H,2-9H2,1H3,(H,15,16)/b11-10+. The molecule has 94 valence electrons. The maximum absolute atomic E-state index is 10.2. The van der Waals surface area contributed by atoms with Gasteiger partial charge in [0.1, 0.15) is 0 Å². The zero-order valence-corrected chi connectivity index (χ0v) is 10.2. The maximum atomic E-state index is 10.2. The third kappa shape index (κ3) is 11.2. The highest BCUT2D eigenvalue weighted by atomic mass is 16.4. The van der Waals surface area contributed by atoms with E-state index in [2.05, 4.69) is 6.92 Å². The zero-order valence-electron chi connectivity index (χ0n) is 10.2. The third-order valence-electron chi connectivity index (χ3n) is 2.56. The van der Waals surface area contributed by atoms with E-state index < -0.39 is 12.1 Å². The van der Waals surface area contributed by atoms with Crippen LogP contribution in [-0.2, 0) is 4.79 Å². The van der Waals surface area contributed by atoms with Gasteiger partial charge in [-0.25, -0.2) is 4.79 Å². The Morgan fingerprint density at radius 1 is 1.12 bits per heavy atom. The summed E-state index contributed by atoms with van der Waals surface area (Å²) in [4.78, 5) is 10.2. The van der Waals surface area contributed by atoms with E-state index in [1.54, 1.807) is 0 Å². The molecule has 0 saturated heterocycles. The van der Waals surface area contributed by atoms with Crippen molar-refractivity contribution >= 4 is 5.97 Å². The van der Waals surface area contributed by atoms with Gasteiger partial charge in [-0.3, -0.25) is 0 Å². The van der Waals surface area contributed by atoms with Gasteiger partial charge in [-0.1, -0.05) is 51.9 Å². The van der Waals surface area contributed by atoms with Crippen molar-refractivity contribution in [1.29, 1.82) is 0 Å². The topological polar surface area (TPSA) is 57.5 Å². The number of hydrogen-bond donors (Lipinski definition) is 2. The van der Waals surface area contributed by atoms with E-state index in [1.807, 2.05) is 0 Å². The zero-order chi connectivity index (χ0) is 12.2. The molecule has 1 unspecified atom stereocenters. The van der Waals surface area contributed by atoms with Gasteiger partial charge in [0.15, 0.2) is 0 Å². The molecule has 1 atom stereocenters. The molecule has 0 rings (SSSR count). The molecule has 0 spiro atoms. The van der Waals surface area contributed by atoms with Gasteiger partial charge in [0.05, 0.1) is 6.10 Å². The molecule has 0 aromatic rings. The van der Waals surface area contributed by atoms with Crippen LogP contribution < -0.4 is 0 Å². The highest BCUT2D eigenvalue weighted by Crippen LogP contribution is 2.10. The lowest BCUT2D eigenvalue weighted by molar-refractivity contribution is -0.131. The molecule has 0 saturated carbocycles. The fourth-order valence-electron chi connectivity index (χ4n) is 1.60. The lowest BCUT2D eigenvalue weighted by Gasteiger charge is -2.04. The Bertz CT molecular complexity index is 199. The number of carbonyl (C=O) groups is 1. The molecule has 16 heavy (non-hydrogen) atoms. The Kier molecular flexibility index (Phi) is 10.1. The van der Waals surface area contributed by atoms with Crippen molar-refractivity contribution < 1.29 is 15.0 Å². The second-order valence-corrected chi connectivity index (χ2v) is 4.17. The molecule has 0 fully saturated rings. The SMILES string of the molecule is CCCCCCCCCC(O)/C=C/C(=O)O. The maximum Gasteiger partial charge on any atom is 0.328 e. The van der Waals surface area contributed by atoms with Gasteiger partial charge in [-0.15, -0.1) is 0 Å². The fourth-order valence-corrected chi connectivity index (χ4v) is 1.60. The monoisotopic (exact) mass is 228 g/mol. The third-order valence-corrected chi connectivity index (χ3v) is 2.56. The van der Waals surface area contributed by atoms with E-state index in [0.29, 0.717) is 6.42 Å². The Balaban J connectivity index is 3.27. The van der Waals surface area contributed by atoms with Crippen molar-refractivity contribution in [2.75, 3.05) is 0 Å². The summed E-state index contributed by atoms with van der Waals surface area (Å²) >= 11 is 0. The Hall–Kier alpha value is -0.830. The van der Waals surface area contributed by atoms with Crippen LogP contribution >= 0.6 is 0 Å². The van der Waals surface area contributed by atoms with Crippen LogP contribution in [0.5, 0.6) is 0 Å². The lowest BCUT2D eigenvalue weighted by Crippen LogP contribution is -2.03. The van der Waals surface area contributed by atoms with Crippen molar-refractivity contribution in [3.05, 3.63) is 12.2 Å². The Morgan fingerprint density at radius 2 is 1.69 bits per heavy atom. The van der Waals surface area contributed by atoms with Crippen LogP contribution in [0, 0.1) is 0 Å². The minimum atomic E-state index is -1.00. The first-order valence-electron chi connectivity index (χ1n) is 6.26. The molecule has 0 aliphatic carbocycles. The molecule has 0 aliphatic rings. The molecule has 0 bridgehead atoms. The largest absolute Gasteiger partial charge is 0.478 e. The molecule has 3 heteroatoms. The quantitative estimate of drug-likeness (QED) is 0.446. The van der Waals surface area contributed by atoms with Gasteiger partial charge in [0, 0.05) is 6.08 Å². The van der Waals surface area contributed by atoms with Crippen molar-refractivity contribution in [2.45, 2.75) is 64.4 Å². The van der Waals surface area contributed by atoms with E-state index in [9.17, 15) is 9.90 Å². The molecule has 0 aromatic carbocycles. The van der Waals surface area contributed by atoms with Gasteiger partial charge in [0.25, 0.3) is 0 Å². The smallest absolute Gasteiger partial charge is 0.328 e. The molecular weight excluding hydrogens is 204 g/mol. The number of hydrogen-bond acceptors (Lipinski definition) is 2. The summed E-state index contributed by atoms with van der Waals surface area (Å²) in [5, 5.41) is 17.7. The predicted molar refractivity (Wildman–Crippen MR) is 65.4 cm³/mol. The van der Waals surface area contributed by atoms with Crippen molar-refractivity contribution in [2.24, 2.45) is 0 Å². The number of aliphatic hydroxyl groups excluding tert-OH is 1. The fraction of sp³-hybridized carbons (Fsp3) is 0.769. The molecule has 0 amide bonds. The summed E-state index contributed by atoms with van der Waals surface area (Å²) < 4.78 is 0. The lowest BCUT2D eigenvalue weighted by atomic mass is 10.1. The number of rotatable bonds is 10. The number of aliphatic hydroxyl groups is 1. The average Bonchev–Trinajstić information content (AvgIpc) is 2.25. The minimum absolute atomic E-state index is 0.605. The van der Waals surface area contributed by atoms with Crippen LogP contribution in [0.3, 0.4) is 0 Å². The number of carboxylic acid groups (broad SMARTS) is 1. The second-order valence-electron chi connectivity index (χ2n) is 4.17. The van der Waals surface area contributed by atoms with Gasteiger partial charge in [-0.2, -0.15) is 0 Å². The van der Waals surface area contributed by atoms with Gasteiger partial charge < -0.3 is 10.2 Å². The van der Waals surface area contributed by atoms with Crippen LogP contribution in [0.25, 0.3) is 0 Å². The number of unbranched alkanes of at least 4 members (excludes halogenated alkanes) is 6. The highest BCUT2D eigenvalue weighted by molar-refractivity contribution is 5.79. The van der Waals surface area contributed by atoms with Gasteiger partial charge in [-0.05, 0) is 12.5 Å². The average molecular weight is 228 g/mol. The predicted octanol–water partition coefficient (Wildman–Crippen LogP) is 3.13. The van der Waals surface area contributed by atoms with E-state index in [4.69, 9.17) is 5.11 Å². The number of aliphatic carboxylic acids is 1. The molecule has 0 aromatic heterocycles. The molecule has 0 radical (unpaired) electrons. The minimum Gasteiger partial charge on any atom is -0.478 e. The summed E-state index contributed by atoms with van der Waals surface area (Å²) in [6.07, 6.45) is 10.9. The summed E-state index contributed by atoms with van der Waals surface area (Å²) in [6.45, 7) is 2.20. The van der Waals surface area contributed by atoms with Crippen LogP contribution in [0.1, 0.15) is 58.3 Å². The first-order valence-corrected chi connectivity index (χ1v) is 6.26. The van der Waals surface area contributed by atoms with Crippen molar-refractivity contribution in [3.8, 4) is 0 Å². The molecule has 2 N–H and O–H groups in total. The van der Waals surface area contributed by atoms with Crippen LogP contribution in [0.4, 0.5) is 0 Å². The summed E-state index contributed by atoms with van der Waals surface area (Å²) in [5.74, 6) is -1.00. The normalized spacial score (nSPS) is 13.1. The van der Waals surface area contributed by atoms with E-state index >= 15 is 0 Å². The van der Waals surface area contributed by atoms with Crippen LogP contribution in [0.15, 0.2) is 12.2 Å².